The third-order valence-electron chi connectivity index (χ3n) is 3.66. The maximum Gasteiger partial charge on any atom is 0.269 e. The van der Waals surface area contributed by atoms with Crippen LogP contribution in [-0.2, 0) is 6.54 Å². The predicted molar refractivity (Wildman–Crippen MR) is 96.0 cm³/mol. The molecular formula is C17H15N5O3. The maximum atomic E-state index is 12.5. The molecule has 0 aliphatic carbocycles. The van der Waals surface area contributed by atoms with E-state index in [1.54, 1.807) is 30.3 Å². The summed E-state index contributed by atoms with van der Waals surface area (Å²) in [6, 6.07) is 13.1. The fraction of sp³-hybridized carbons (Fsp3) is 0.118. The third kappa shape index (κ3) is 3.37. The first-order valence-electron chi connectivity index (χ1n) is 7.63. The average molecular weight is 337 g/mol. The molecule has 1 N–H and O–H groups in total. The van der Waals surface area contributed by atoms with Crippen molar-refractivity contribution in [3.8, 4) is 0 Å². The lowest BCUT2D eigenvalue weighted by Gasteiger charge is -2.10. The normalized spacial score (nSPS) is 11.1. The molecule has 0 radical (unpaired) electrons. The molecule has 1 heterocycles. The molecule has 0 aliphatic rings. The van der Waals surface area contributed by atoms with E-state index in [2.05, 4.69) is 15.5 Å². The molecule has 0 bridgehead atoms. The van der Waals surface area contributed by atoms with E-state index in [0.717, 1.165) is 0 Å². The summed E-state index contributed by atoms with van der Waals surface area (Å²) in [6.07, 6.45) is 1.51. The van der Waals surface area contributed by atoms with Crippen LogP contribution < -0.4 is 11.0 Å². The number of para-hydroxylation sites is 1. The Kier molecular flexibility index (Phi) is 4.51. The van der Waals surface area contributed by atoms with Crippen LogP contribution in [0.1, 0.15) is 12.5 Å². The first-order valence-corrected chi connectivity index (χ1v) is 7.63. The Labute approximate surface area is 142 Å². The molecule has 126 valence electrons. The molecule has 8 heteroatoms. The number of nitrogens with zero attached hydrogens (tertiary/aromatic N) is 4. The van der Waals surface area contributed by atoms with Crippen molar-refractivity contribution in [2.45, 2.75) is 13.5 Å². The van der Waals surface area contributed by atoms with E-state index >= 15 is 0 Å². The van der Waals surface area contributed by atoms with Gasteiger partial charge in [0, 0.05) is 18.7 Å². The molecule has 0 saturated carbocycles. The number of anilines is 1. The highest BCUT2D eigenvalue weighted by molar-refractivity contribution is 5.81. The van der Waals surface area contributed by atoms with E-state index in [0.29, 0.717) is 29.0 Å². The maximum absolute atomic E-state index is 12.5. The second-order valence-electron chi connectivity index (χ2n) is 5.22. The van der Waals surface area contributed by atoms with Crippen molar-refractivity contribution in [3.05, 3.63) is 74.6 Å². The summed E-state index contributed by atoms with van der Waals surface area (Å²) in [5, 5.41) is 15.3. The van der Waals surface area contributed by atoms with Gasteiger partial charge in [0.2, 0.25) is 5.95 Å². The standard InChI is InChI=1S/C17H15N5O3/c1-2-21-16(23)14-5-3-4-6-15(14)19-17(21)20-18-11-12-7-9-13(10-8-12)22(24)25/h3-11H,2H2,1H3,(H,19,20)/b18-11-. The Bertz CT molecular complexity index is 1010. The van der Waals surface area contributed by atoms with Crippen molar-refractivity contribution in [2.75, 3.05) is 5.43 Å². The van der Waals surface area contributed by atoms with Crippen LogP contribution in [0.15, 0.2) is 58.4 Å². The second-order valence-corrected chi connectivity index (χ2v) is 5.22. The topological polar surface area (TPSA) is 102 Å². The molecule has 0 fully saturated rings. The van der Waals surface area contributed by atoms with Gasteiger partial charge in [-0.2, -0.15) is 5.10 Å². The number of non-ortho nitro benzene ring substituents is 1. The number of rotatable bonds is 5. The predicted octanol–water partition coefficient (Wildman–Crippen LogP) is 2.77. The molecule has 0 aliphatic heterocycles. The van der Waals surface area contributed by atoms with Crippen LogP contribution in [0, 0.1) is 10.1 Å². The van der Waals surface area contributed by atoms with E-state index in [9.17, 15) is 14.9 Å². The van der Waals surface area contributed by atoms with E-state index in [1.165, 1.54) is 22.9 Å². The summed E-state index contributed by atoms with van der Waals surface area (Å²) in [6.45, 7) is 2.30. The van der Waals surface area contributed by atoms with Gasteiger partial charge in [-0.15, -0.1) is 0 Å². The Hall–Kier alpha value is -3.55. The summed E-state index contributed by atoms with van der Waals surface area (Å²) < 4.78 is 1.50. The van der Waals surface area contributed by atoms with Crippen molar-refractivity contribution >= 4 is 28.8 Å². The van der Waals surface area contributed by atoms with Crippen molar-refractivity contribution in [2.24, 2.45) is 5.10 Å². The SMILES string of the molecule is CCn1c(N/N=C\c2ccc([N+](=O)[O-])cc2)nc2ccccc2c1=O. The molecule has 3 rings (SSSR count). The Morgan fingerprint density at radius 2 is 1.96 bits per heavy atom. The molecule has 2 aromatic carbocycles. The number of nitro benzene ring substituents is 1. The molecule has 0 atom stereocenters. The first kappa shape index (κ1) is 16.3. The Morgan fingerprint density at radius 1 is 1.24 bits per heavy atom. The molecule has 0 spiro atoms. The fourth-order valence-corrected chi connectivity index (χ4v) is 2.39. The van der Waals surface area contributed by atoms with Gasteiger partial charge in [-0.05, 0) is 36.8 Å². The number of nitro groups is 1. The van der Waals surface area contributed by atoms with Crippen molar-refractivity contribution in [1.82, 2.24) is 9.55 Å². The average Bonchev–Trinajstić information content (AvgIpc) is 2.62. The number of aromatic nitrogens is 2. The highest BCUT2D eigenvalue weighted by atomic mass is 16.6. The molecule has 0 unspecified atom stereocenters. The lowest BCUT2D eigenvalue weighted by atomic mass is 10.2. The summed E-state index contributed by atoms with van der Waals surface area (Å²) in [5.74, 6) is 0.337. The zero-order valence-electron chi connectivity index (χ0n) is 13.4. The zero-order valence-corrected chi connectivity index (χ0v) is 13.4. The molecule has 25 heavy (non-hydrogen) atoms. The van der Waals surface area contributed by atoms with Crippen LogP contribution >= 0.6 is 0 Å². The summed E-state index contributed by atoms with van der Waals surface area (Å²) in [4.78, 5) is 27.1. The van der Waals surface area contributed by atoms with Crippen LogP contribution in [0.3, 0.4) is 0 Å². The number of benzene rings is 2. The van der Waals surface area contributed by atoms with Gasteiger partial charge in [0.1, 0.15) is 0 Å². The van der Waals surface area contributed by atoms with Crippen molar-refractivity contribution < 1.29 is 4.92 Å². The van der Waals surface area contributed by atoms with Crippen LogP contribution in [0.25, 0.3) is 10.9 Å². The van der Waals surface area contributed by atoms with E-state index in [1.807, 2.05) is 13.0 Å². The van der Waals surface area contributed by atoms with Gasteiger partial charge < -0.3 is 0 Å². The largest absolute Gasteiger partial charge is 0.277 e. The molecule has 0 amide bonds. The van der Waals surface area contributed by atoms with Crippen LogP contribution in [0.4, 0.5) is 11.6 Å². The van der Waals surface area contributed by atoms with Crippen LogP contribution in [0.2, 0.25) is 0 Å². The molecule has 3 aromatic rings. The summed E-state index contributed by atoms with van der Waals surface area (Å²) in [7, 11) is 0. The smallest absolute Gasteiger partial charge is 0.269 e. The minimum Gasteiger partial charge on any atom is -0.277 e. The number of hydrogen-bond acceptors (Lipinski definition) is 6. The summed E-state index contributed by atoms with van der Waals surface area (Å²) in [5.41, 5.74) is 3.92. The fourth-order valence-electron chi connectivity index (χ4n) is 2.39. The van der Waals surface area contributed by atoms with Crippen LogP contribution in [0.5, 0.6) is 0 Å². The van der Waals surface area contributed by atoms with Gasteiger partial charge in [-0.3, -0.25) is 19.5 Å². The number of hydrazone groups is 1. The van der Waals surface area contributed by atoms with Gasteiger partial charge in [0.25, 0.3) is 11.2 Å². The van der Waals surface area contributed by atoms with Crippen LogP contribution in [-0.4, -0.2) is 20.7 Å². The molecule has 0 saturated heterocycles. The Morgan fingerprint density at radius 3 is 2.64 bits per heavy atom. The van der Waals surface area contributed by atoms with E-state index < -0.39 is 4.92 Å². The van der Waals surface area contributed by atoms with Gasteiger partial charge in [0.15, 0.2) is 0 Å². The van der Waals surface area contributed by atoms with Crippen molar-refractivity contribution in [1.29, 1.82) is 0 Å². The highest BCUT2D eigenvalue weighted by Crippen LogP contribution is 2.12. The highest BCUT2D eigenvalue weighted by Gasteiger charge is 2.08. The zero-order chi connectivity index (χ0) is 17.8. The molecule has 8 nitrogen and oxygen atoms in total. The van der Waals surface area contributed by atoms with Gasteiger partial charge in [-0.25, -0.2) is 10.4 Å². The molecular weight excluding hydrogens is 322 g/mol. The first-order chi connectivity index (χ1) is 12.1. The van der Waals surface area contributed by atoms with E-state index in [-0.39, 0.29) is 11.2 Å². The van der Waals surface area contributed by atoms with Gasteiger partial charge in [-0.1, -0.05) is 12.1 Å². The minimum absolute atomic E-state index is 0.0149. The Balaban J connectivity index is 1.87. The second kappa shape index (κ2) is 6.91. The summed E-state index contributed by atoms with van der Waals surface area (Å²) >= 11 is 0. The number of hydrogen-bond donors (Lipinski definition) is 1. The number of nitrogens with one attached hydrogen (secondary N) is 1. The van der Waals surface area contributed by atoms with Gasteiger partial charge >= 0.3 is 0 Å². The quantitative estimate of drug-likeness (QED) is 0.438. The van der Waals surface area contributed by atoms with Crippen molar-refractivity contribution in [3.63, 3.8) is 0 Å². The van der Waals surface area contributed by atoms with Gasteiger partial charge in [0.05, 0.1) is 22.0 Å². The minimum atomic E-state index is -0.460. The monoisotopic (exact) mass is 337 g/mol. The lowest BCUT2D eigenvalue weighted by Crippen LogP contribution is -2.23. The number of fused-ring (bicyclic) bond motifs is 1. The third-order valence-corrected chi connectivity index (χ3v) is 3.66. The molecule has 1 aromatic heterocycles. The lowest BCUT2D eigenvalue weighted by molar-refractivity contribution is -0.384. The van der Waals surface area contributed by atoms with E-state index in [4.69, 9.17) is 0 Å².